The van der Waals surface area contributed by atoms with Gasteiger partial charge in [0.15, 0.2) is 11.6 Å². The van der Waals surface area contributed by atoms with E-state index in [-0.39, 0.29) is 34.7 Å². The number of nitrogens with zero attached hydrogens (tertiary/aromatic N) is 2. The number of piperidine rings is 1. The van der Waals surface area contributed by atoms with Crippen LogP contribution in [0.4, 0.5) is 13.2 Å². The maximum absolute atomic E-state index is 14.5. The minimum Gasteiger partial charge on any atom is -0.497 e. The fourth-order valence-corrected chi connectivity index (χ4v) is 4.83. The van der Waals surface area contributed by atoms with Crippen molar-refractivity contribution in [2.24, 2.45) is 5.92 Å². The third kappa shape index (κ3) is 6.25. The molecule has 2 atom stereocenters. The van der Waals surface area contributed by atoms with Crippen molar-refractivity contribution in [3.05, 3.63) is 101 Å². The van der Waals surface area contributed by atoms with Gasteiger partial charge >= 0.3 is 5.97 Å². The van der Waals surface area contributed by atoms with Gasteiger partial charge in [-0.15, -0.1) is 0 Å². The summed E-state index contributed by atoms with van der Waals surface area (Å²) >= 11 is 0. The molecule has 2 unspecified atom stereocenters. The minimum absolute atomic E-state index is 0.0846. The lowest BCUT2D eigenvalue weighted by Gasteiger charge is -2.48. The highest BCUT2D eigenvalue weighted by molar-refractivity contribution is 5.89. The molecule has 1 amide bonds. The predicted molar refractivity (Wildman–Crippen MR) is 140 cm³/mol. The maximum atomic E-state index is 14.5. The lowest BCUT2D eigenvalue weighted by Crippen LogP contribution is -2.56. The fraction of sp³-hybridized carbons (Fsp3) is 0.333. The van der Waals surface area contributed by atoms with Crippen LogP contribution in [0.2, 0.25) is 0 Å². The van der Waals surface area contributed by atoms with Crippen molar-refractivity contribution in [3.63, 3.8) is 0 Å². The van der Waals surface area contributed by atoms with E-state index in [4.69, 9.17) is 21.8 Å². The van der Waals surface area contributed by atoms with Crippen molar-refractivity contribution in [1.29, 1.82) is 0 Å². The van der Waals surface area contributed by atoms with Crippen molar-refractivity contribution < 1.29 is 44.6 Å². The van der Waals surface area contributed by atoms with Crippen LogP contribution in [-0.4, -0.2) is 62.3 Å². The van der Waals surface area contributed by atoms with Crippen LogP contribution < -0.4 is 4.74 Å². The number of benzene rings is 3. The summed E-state index contributed by atoms with van der Waals surface area (Å²) in [6, 6.07) is 14.0. The van der Waals surface area contributed by atoms with E-state index in [0.29, 0.717) is 12.1 Å². The van der Waals surface area contributed by atoms with E-state index >= 15 is 0 Å². The lowest BCUT2D eigenvalue weighted by atomic mass is 9.75. The van der Waals surface area contributed by atoms with Gasteiger partial charge in [-0.3, -0.25) is 4.79 Å². The zero-order valence-electron chi connectivity index (χ0n) is 29.6. The Hall–Kier alpha value is -3.85. The van der Waals surface area contributed by atoms with Gasteiger partial charge in [-0.1, -0.05) is 30.3 Å². The summed E-state index contributed by atoms with van der Waals surface area (Å²) < 4.78 is 123. The molecule has 6 nitrogen and oxygen atoms in total. The summed E-state index contributed by atoms with van der Waals surface area (Å²) in [6.07, 6.45) is -0.994. The summed E-state index contributed by atoms with van der Waals surface area (Å²) in [7, 11) is -2.88. The molecule has 0 aliphatic carbocycles. The second kappa shape index (κ2) is 11.9. The highest BCUT2D eigenvalue weighted by Gasteiger charge is 2.49. The molecule has 4 rings (SSSR count). The molecule has 3 aromatic carbocycles. The van der Waals surface area contributed by atoms with E-state index < -0.39 is 86.9 Å². The third-order valence-corrected chi connectivity index (χ3v) is 6.76. The van der Waals surface area contributed by atoms with Gasteiger partial charge in [0.2, 0.25) is 5.91 Å². The van der Waals surface area contributed by atoms with Crippen LogP contribution >= 0.6 is 0 Å². The zero-order chi connectivity index (χ0) is 35.7. The highest BCUT2D eigenvalue weighted by Crippen LogP contribution is 2.43. The Bertz CT molecular complexity index is 1620. The average molecular weight is 550 g/mol. The number of likely N-dealkylation sites (tertiary alicyclic amines) is 1. The van der Waals surface area contributed by atoms with E-state index in [1.54, 1.807) is 18.2 Å². The molecule has 1 saturated heterocycles. The number of carbonyl (C=O) groups is 2. The number of amides is 1. The number of ether oxygens (including phenoxy) is 2. The molecule has 3 aromatic rings. The molecule has 206 valence electrons. The van der Waals surface area contributed by atoms with Crippen LogP contribution in [0.25, 0.3) is 0 Å². The first-order chi connectivity index (χ1) is 22.2. The smallest absolute Gasteiger partial charge is 0.339 e. The van der Waals surface area contributed by atoms with E-state index in [1.165, 1.54) is 36.4 Å². The van der Waals surface area contributed by atoms with Crippen LogP contribution in [0.3, 0.4) is 0 Å². The van der Waals surface area contributed by atoms with Gasteiger partial charge in [0.05, 0.1) is 23.1 Å². The second-order valence-corrected chi connectivity index (χ2v) is 9.21. The van der Waals surface area contributed by atoms with E-state index in [2.05, 4.69) is 0 Å². The summed E-state index contributed by atoms with van der Waals surface area (Å²) in [5, 5.41) is 0. The summed E-state index contributed by atoms with van der Waals surface area (Å²) in [6.45, 7) is -7.86. The molecular weight excluding hydrogens is 509 g/mol. The Morgan fingerprint density at radius 1 is 1.03 bits per heavy atom. The number of halogens is 3. The van der Waals surface area contributed by atoms with Crippen molar-refractivity contribution in [2.75, 3.05) is 40.6 Å². The molecule has 0 radical (unpaired) electrons. The Morgan fingerprint density at radius 3 is 2.54 bits per heavy atom. The Kier molecular flexibility index (Phi) is 5.63. The van der Waals surface area contributed by atoms with Crippen LogP contribution in [-0.2, 0) is 21.6 Å². The summed E-state index contributed by atoms with van der Waals surface area (Å²) in [4.78, 5) is 28.5. The van der Waals surface area contributed by atoms with Crippen LogP contribution in [0.15, 0.2) is 66.7 Å². The standard InChI is InChI=1S/C30H31F3N2O4/c1-34(2)18-23-19-35(28(36)15-21-14-26(32)27(33)17-25(21)31)13-12-30(23,22-10-7-11-24(16-22)38-3)39-29(37)20-8-5-4-6-9-20/h4-11,14,16-17,23H,12-13,15,18-19H2,1-3H3/i1D3,2D3,3D3. The van der Waals surface area contributed by atoms with Gasteiger partial charge < -0.3 is 19.3 Å². The lowest BCUT2D eigenvalue weighted by molar-refractivity contribution is -0.142. The van der Waals surface area contributed by atoms with Gasteiger partial charge in [-0.2, -0.15) is 0 Å². The van der Waals surface area contributed by atoms with Gasteiger partial charge in [0, 0.05) is 51.8 Å². The molecule has 0 bridgehead atoms. The van der Waals surface area contributed by atoms with Gasteiger partial charge in [-0.25, -0.2) is 18.0 Å². The van der Waals surface area contributed by atoms with Crippen molar-refractivity contribution >= 4 is 11.9 Å². The van der Waals surface area contributed by atoms with E-state index in [0.717, 1.165) is 4.90 Å². The number of esters is 1. The largest absolute Gasteiger partial charge is 0.497 e. The van der Waals surface area contributed by atoms with E-state index in [9.17, 15) is 22.8 Å². The molecule has 0 N–H and O–H groups in total. The second-order valence-electron chi connectivity index (χ2n) is 9.21. The molecule has 1 aliphatic rings. The third-order valence-electron chi connectivity index (χ3n) is 6.76. The zero-order valence-corrected chi connectivity index (χ0v) is 20.6. The first-order valence-electron chi connectivity index (χ1n) is 16.5. The van der Waals surface area contributed by atoms with Gasteiger partial charge in [0.25, 0.3) is 0 Å². The molecule has 39 heavy (non-hydrogen) atoms. The van der Waals surface area contributed by atoms with Gasteiger partial charge in [-0.05, 0) is 49.8 Å². The molecule has 0 aromatic heterocycles. The van der Waals surface area contributed by atoms with Crippen molar-refractivity contribution in [1.82, 2.24) is 9.80 Å². The molecular formula is C30H31F3N2O4. The topological polar surface area (TPSA) is 59.1 Å². The number of hydrogen-bond acceptors (Lipinski definition) is 5. The molecule has 1 fully saturated rings. The van der Waals surface area contributed by atoms with Crippen molar-refractivity contribution in [3.8, 4) is 5.75 Å². The van der Waals surface area contributed by atoms with E-state index in [1.807, 2.05) is 0 Å². The normalized spacial score (nSPS) is 23.5. The quantitative estimate of drug-likeness (QED) is 0.298. The Labute approximate surface area is 238 Å². The van der Waals surface area contributed by atoms with Crippen LogP contribution in [0.1, 0.15) is 40.2 Å². The molecule has 0 spiro atoms. The SMILES string of the molecule is [2H]C([2H])([2H])Oc1cccc(C2(OC(=O)c3ccccc3)CCN(C(=O)Cc3cc(F)c(F)cc3F)CC2CN(C([2H])([2H])[2H])C([2H])([2H])[2H])c1. The highest BCUT2D eigenvalue weighted by atomic mass is 19.2. The van der Waals surface area contributed by atoms with Crippen LogP contribution in [0.5, 0.6) is 5.75 Å². The number of carbonyl (C=O) groups excluding carboxylic acids is 2. The molecule has 0 saturated carbocycles. The summed E-state index contributed by atoms with van der Waals surface area (Å²) in [5.41, 5.74) is -2.13. The number of hydrogen-bond donors (Lipinski definition) is 0. The maximum Gasteiger partial charge on any atom is 0.339 e. The Morgan fingerprint density at radius 2 is 1.79 bits per heavy atom. The number of methoxy groups -OCH3 is 1. The average Bonchev–Trinajstić information content (AvgIpc) is 2.97. The molecule has 9 heteroatoms. The Balaban J connectivity index is 1.84. The molecule has 1 heterocycles. The number of rotatable bonds is 8. The first kappa shape index (κ1) is 18.4. The predicted octanol–water partition coefficient (Wildman–Crippen LogP) is 4.82. The van der Waals surface area contributed by atoms with Crippen LogP contribution in [0, 0.1) is 23.4 Å². The van der Waals surface area contributed by atoms with Gasteiger partial charge in [0.1, 0.15) is 17.2 Å². The fourth-order valence-electron chi connectivity index (χ4n) is 4.83. The summed E-state index contributed by atoms with van der Waals surface area (Å²) in [5.74, 6) is -7.18. The monoisotopic (exact) mass is 549 g/mol. The molecule has 1 aliphatic heterocycles. The minimum atomic E-state index is -3.20. The van der Waals surface area contributed by atoms with Crippen molar-refractivity contribution in [2.45, 2.75) is 18.4 Å². The first-order valence-corrected chi connectivity index (χ1v) is 12.0.